The van der Waals surface area contributed by atoms with Gasteiger partial charge in [0.2, 0.25) is 0 Å². The first-order valence-electron chi connectivity index (χ1n) is 12.9. The van der Waals surface area contributed by atoms with E-state index in [4.69, 9.17) is 4.74 Å². The third-order valence-electron chi connectivity index (χ3n) is 7.01. The molecule has 2 saturated heterocycles. The van der Waals surface area contributed by atoms with Gasteiger partial charge < -0.3 is 14.5 Å². The van der Waals surface area contributed by atoms with Crippen LogP contribution in [0, 0.1) is 5.92 Å². The lowest BCUT2D eigenvalue weighted by Gasteiger charge is -2.39. The highest BCUT2D eigenvalue weighted by molar-refractivity contribution is 9.11. The van der Waals surface area contributed by atoms with Gasteiger partial charge in [0.05, 0.1) is 33.9 Å². The summed E-state index contributed by atoms with van der Waals surface area (Å²) < 4.78 is 35.5. The number of ether oxygens (including phenoxy) is 1. The van der Waals surface area contributed by atoms with E-state index in [1.165, 1.54) is 20.3 Å². The van der Waals surface area contributed by atoms with Crippen LogP contribution in [0.4, 0.5) is 11.4 Å². The van der Waals surface area contributed by atoms with Crippen molar-refractivity contribution in [1.82, 2.24) is 14.1 Å². The number of sulfonamides is 1. The Morgan fingerprint density at radius 1 is 1.08 bits per heavy atom. The fourth-order valence-electron chi connectivity index (χ4n) is 5.08. The molecular formula is C26H30BrN5O5S2. The number of benzene rings is 1. The summed E-state index contributed by atoms with van der Waals surface area (Å²) in [7, 11) is -3.60. The molecule has 1 atom stereocenters. The van der Waals surface area contributed by atoms with E-state index < -0.39 is 10.0 Å². The van der Waals surface area contributed by atoms with Crippen LogP contribution >= 0.6 is 27.3 Å². The smallest absolute Gasteiger partial charge is 0.310 e. The number of aromatic nitrogens is 2. The Labute approximate surface area is 240 Å². The van der Waals surface area contributed by atoms with E-state index in [-0.39, 0.29) is 30.5 Å². The summed E-state index contributed by atoms with van der Waals surface area (Å²) in [5.41, 5.74) is 1.49. The van der Waals surface area contributed by atoms with E-state index in [2.05, 4.69) is 21.0 Å². The van der Waals surface area contributed by atoms with Gasteiger partial charge in [0.15, 0.2) is 0 Å². The van der Waals surface area contributed by atoms with Crippen molar-refractivity contribution in [2.75, 3.05) is 55.7 Å². The molecule has 0 amide bonds. The van der Waals surface area contributed by atoms with Crippen molar-refractivity contribution in [3.05, 3.63) is 62.8 Å². The highest BCUT2D eigenvalue weighted by atomic mass is 79.9. The number of carbonyl (C=O) groups excluding carboxylic acids is 1. The molecule has 0 spiro atoms. The topological polar surface area (TPSA) is 105 Å². The predicted molar refractivity (Wildman–Crippen MR) is 154 cm³/mol. The highest BCUT2D eigenvalue weighted by Crippen LogP contribution is 2.33. The van der Waals surface area contributed by atoms with E-state index >= 15 is 0 Å². The van der Waals surface area contributed by atoms with E-state index in [0.29, 0.717) is 60.5 Å². The molecule has 0 radical (unpaired) electrons. The van der Waals surface area contributed by atoms with Crippen molar-refractivity contribution in [3.8, 4) is 5.69 Å². The molecule has 3 aromatic rings. The quantitative estimate of drug-likeness (QED) is 0.364. The van der Waals surface area contributed by atoms with Gasteiger partial charge in [-0.3, -0.25) is 9.59 Å². The van der Waals surface area contributed by atoms with Crippen LogP contribution in [0.25, 0.3) is 5.69 Å². The summed E-state index contributed by atoms with van der Waals surface area (Å²) in [6.45, 7) is 4.48. The number of carbonyl (C=O) groups is 1. The average Bonchev–Trinajstić information content (AvgIpc) is 3.41. The molecule has 0 saturated carbocycles. The molecule has 5 rings (SSSR count). The summed E-state index contributed by atoms with van der Waals surface area (Å²) in [5, 5.41) is 4.49. The van der Waals surface area contributed by atoms with Crippen molar-refractivity contribution >= 4 is 54.6 Å². The summed E-state index contributed by atoms with van der Waals surface area (Å²) in [6.07, 6.45) is 3.13. The maximum atomic E-state index is 14.0. The van der Waals surface area contributed by atoms with Crippen molar-refractivity contribution < 1.29 is 17.9 Å². The van der Waals surface area contributed by atoms with Crippen LogP contribution in [0.3, 0.4) is 0 Å². The number of piperazine rings is 1. The fourth-order valence-corrected chi connectivity index (χ4v) is 8.67. The molecule has 1 unspecified atom stereocenters. The largest absolute Gasteiger partial charge is 0.466 e. The molecule has 10 nitrogen and oxygen atoms in total. The molecular weight excluding hydrogens is 606 g/mol. The number of nitrogens with zero attached hydrogens (tertiary/aromatic N) is 5. The first kappa shape index (κ1) is 27.8. The molecule has 0 N–H and O–H groups in total. The summed E-state index contributed by atoms with van der Waals surface area (Å²) >= 11 is 4.53. The highest BCUT2D eigenvalue weighted by Gasteiger charge is 2.34. The van der Waals surface area contributed by atoms with E-state index in [0.717, 1.165) is 10.2 Å². The Morgan fingerprint density at radius 2 is 1.82 bits per heavy atom. The molecule has 2 fully saturated rings. The lowest BCUT2D eigenvalue weighted by Crippen LogP contribution is -2.50. The number of halogens is 1. The molecule has 0 bridgehead atoms. The summed E-state index contributed by atoms with van der Waals surface area (Å²) in [6, 6.07) is 12.6. The molecule has 39 heavy (non-hydrogen) atoms. The van der Waals surface area contributed by atoms with E-state index in [9.17, 15) is 18.0 Å². The number of para-hydroxylation sites is 1. The molecule has 1 aromatic carbocycles. The molecule has 13 heteroatoms. The van der Waals surface area contributed by atoms with Crippen molar-refractivity contribution in [2.45, 2.75) is 24.0 Å². The average molecular weight is 637 g/mol. The molecule has 4 heterocycles. The maximum Gasteiger partial charge on any atom is 0.310 e. The number of esters is 1. The second-order valence-corrected chi connectivity index (χ2v) is 14.0. The van der Waals surface area contributed by atoms with Gasteiger partial charge in [-0.15, -0.1) is 11.3 Å². The first-order chi connectivity index (χ1) is 18.8. The molecule has 2 aliphatic heterocycles. The zero-order valence-corrected chi connectivity index (χ0v) is 24.8. The van der Waals surface area contributed by atoms with Crippen LogP contribution in [0.5, 0.6) is 0 Å². The third-order valence-corrected chi connectivity index (χ3v) is 11.0. The number of anilines is 2. The number of thiophene rings is 1. The predicted octanol–water partition coefficient (Wildman–Crippen LogP) is 3.35. The molecule has 0 aliphatic carbocycles. The number of hydrogen-bond acceptors (Lipinski definition) is 9. The molecule has 2 aromatic heterocycles. The van der Waals surface area contributed by atoms with Gasteiger partial charge in [-0.05, 0) is 60.0 Å². The zero-order valence-electron chi connectivity index (χ0n) is 21.5. The van der Waals surface area contributed by atoms with Gasteiger partial charge in [0.1, 0.15) is 9.90 Å². The zero-order chi connectivity index (χ0) is 27.6. The van der Waals surface area contributed by atoms with Crippen molar-refractivity contribution in [1.29, 1.82) is 0 Å². The Kier molecular flexibility index (Phi) is 8.40. The van der Waals surface area contributed by atoms with Gasteiger partial charge in [-0.1, -0.05) is 18.2 Å². The SMILES string of the molecule is CCOC(=O)C1CCCN(c2c(N3CCN(S(=O)(=O)c4ccc(Br)s4)CC3)cnn(-c3ccccc3)c2=O)C1. The Bertz CT molecular complexity index is 1490. The van der Waals surface area contributed by atoms with Gasteiger partial charge in [0.25, 0.3) is 15.6 Å². The Hall–Kier alpha value is -2.74. The maximum absolute atomic E-state index is 14.0. The van der Waals surface area contributed by atoms with E-state index in [1.807, 2.05) is 40.1 Å². The number of hydrogen-bond donors (Lipinski definition) is 0. The first-order valence-corrected chi connectivity index (χ1v) is 15.9. The standard InChI is InChI=1S/C26H30BrN5O5S2/c1-2-37-26(34)19-7-6-12-30(18-19)24-21(17-28-32(25(24)33)20-8-4-3-5-9-20)29-13-15-31(16-14-29)39(35,36)23-11-10-22(27)38-23/h3-5,8-11,17,19H,2,6-7,12-16,18H2,1H3. The third kappa shape index (κ3) is 5.76. The van der Waals surface area contributed by atoms with Gasteiger partial charge in [-0.2, -0.15) is 14.1 Å². The van der Waals surface area contributed by atoms with Crippen molar-refractivity contribution in [2.24, 2.45) is 5.92 Å². The number of piperidine rings is 1. The fraction of sp³-hybridized carbons (Fsp3) is 0.423. The molecule has 208 valence electrons. The number of rotatable bonds is 7. The Balaban J connectivity index is 1.46. The Morgan fingerprint density at radius 3 is 2.49 bits per heavy atom. The van der Waals surface area contributed by atoms with Crippen LogP contribution in [0.1, 0.15) is 19.8 Å². The minimum Gasteiger partial charge on any atom is -0.466 e. The molecule has 2 aliphatic rings. The van der Waals surface area contributed by atoms with Crippen LogP contribution in [-0.2, 0) is 19.6 Å². The van der Waals surface area contributed by atoms with Crippen molar-refractivity contribution in [3.63, 3.8) is 0 Å². The van der Waals surface area contributed by atoms with Crippen LogP contribution in [0.15, 0.2) is 61.5 Å². The minimum atomic E-state index is -3.60. The lowest BCUT2D eigenvalue weighted by atomic mass is 9.97. The second-order valence-electron chi connectivity index (χ2n) is 9.42. The van der Waals surface area contributed by atoms with Crippen LogP contribution in [0.2, 0.25) is 0 Å². The summed E-state index contributed by atoms with van der Waals surface area (Å²) in [5.74, 6) is -0.573. The lowest BCUT2D eigenvalue weighted by molar-refractivity contribution is -0.148. The second kappa shape index (κ2) is 11.8. The van der Waals surface area contributed by atoms with Gasteiger partial charge in [-0.25, -0.2) is 8.42 Å². The van der Waals surface area contributed by atoms with E-state index in [1.54, 1.807) is 25.3 Å². The summed E-state index contributed by atoms with van der Waals surface area (Å²) in [4.78, 5) is 30.5. The van der Waals surface area contributed by atoms with Crippen LogP contribution in [-0.4, -0.2) is 74.3 Å². The van der Waals surface area contributed by atoms with Gasteiger partial charge in [0, 0.05) is 39.3 Å². The minimum absolute atomic E-state index is 0.250. The normalized spacial score (nSPS) is 18.8. The van der Waals surface area contributed by atoms with Gasteiger partial charge >= 0.3 is 5.97 Å². The van der Waals surface area contributed by atoms with Crippen LogP contribution < -0.4 is 15.4 Å². The monoisotopic (exact) mass is 635 g/mol.